The van der Waals surface area contributed by atoms with E-state index in [9.17, 15) is 13.2 Å². The van der Waals surface area contributed by atoms with Crippen molar-refractivity contribution in [2.24, 2.45) is 5.73 Å². The van der Waals surface area contributed by atoms with Gasteiger partial charge in [-0.2, -0.15) is 0 Å². The van der Waals surface area contributed by atoms with Crippen LogP contribution in [-0.2, 0) is 21.1 Å². The van der Waals surface area contributed by atoms with Gasteiger partial charge >= 0.3 is 0 Å². The number of carbonyl (C=O) groups excluding carboxylic acids is 1. The number of primary amides is 1. The second-order valence-corrected chi connectivity index (χ2v) is 10.6. The summed E-state index contributed by atoms with van der Waals surface area (Å²) in [7, 11) is -3.93. The van der Waals surface area contributed by atoms with E-state index in [4.69, 9.17) is 5.73 Å². The molecule has 1 aromatic heterocycles. The molecule has 0 spiro atoms. The predicted octanol–water partition coefficient (Wildman–Crippen LogP) is 2.99. The Morgan fingerprint density at radius 3 is 2.26 bits per heavy atom. The maximum atomic E-state index is 13.5. The van der Waals surface area contributed by atoms with Crippen LogP contribution in [0.3, 0.4) is 0 Å². The summed E-state index contributed by atoms with van der Waals surface area (Å²) in [6.45, 7) is 7.37. The van der Waals surface area contributed by atoms with Gasteiger partial charge < -0.3 is 10.6 Å². The minimum absolute atomic E-state index is 0.114. The fraction of sp³-hybridized carbons (Fsp3) is 0.522. The zero-order valence-electron chi connectivity index (χ0n) is 18.5. The number of benzene rings is 1. The zero-order valence-corrected chi connectivity index (χ0v) is 19.4. The van der Waals surface area contributed by atoms with Gasteiger partial charge in [0, 0.05) is 30.9 Å². The van der Waals surface area contributed by atoms with Crippen molar-refractivity contribution < 1.29 is 13.2 Å². The number of nitrogens with two attached hydrogens (primary N) is 1. The monoisotopic (exact) mass is 444 g/mol. The van der Waals surface area contributed by atoms with Gasteiger partial charge in [-0.3, -0.25) is 14.8 Å². The highest BCUT2D eigenvalue weighted by molar-refractivity contribution is 7.93. The van der Waals surface area contributed by atoms with Gasteiger partial charge in [-0.15, -0.1) is 0 Å². The summed E-state index contributed by atoms with van der Waals surface area (Å²) in [5.41, 5.74) is 8.06. The lowest BCUT2D eigenvalue weighted by molar-refractivity contribution is -0.121. The van der Waals surface area contributed by atoms with Crippen molar-refractivity contribution in [3.63, 3.8) is 0 Å². The number of hydrogen-bond donors (Lipinski definition) is 1. The topological polar surface area (TPSA) is 106 Å². The molecule has 3 rings (SSSR count). The quantitative estimate of drug-likeness (QED) is 0.671. The van der Waals surface area contributed by atoms with E-state index in [-0.39, 0.29) is 17.7 Å². The number of hydrogen-bond acceptors (Lipinski definition) is 6. The first-order valence-corrected chi connectivity index (χ1v) is 12.4. The lowest BCUT2D eigenvalue weighted by Crippen LogP contribution is -2.57. The average Bonchev–Trinajstić information content (AvgIpc) is 2.79. The molecule has 1 fully saturated rings. The lowest BCUT2D eigenvalue weighted by atomic mass is 9.94. The van der Waals surface area contributed by atoms with Crippen LogP contribution in [0.4, 0.5) is 0 Å². The smallest absolute Gasteiger partial charge is 0.239 e. The summed E-state index contributed by atoms with van der Waals surface area (Å²) in [4.78, 5) is 23.6. The standard InChI is InChI=1S/C23H32N4O3S/c1-4-6-19-15-26-21(16-25-19)18-7-9-20(10-8-18)31(29,30)23(22(24)28)11-13-27(14-12-23)17(3)5-2/h7-10,15-17H,4-6,11-14H2,1-3H3,(H2,24,28). The third-order valence-corrected chi connectivity index (χ3v) is 8.99. The van der Waals surface area contributed by atoms with Crippen molar-refractivity contribution in [1.82, 2.24) is 14.9 Å². The van der Waals surface area contributed by atoms with Gasteiger partial charge in [-0.25, -0.2) is 8.42 Å². The number of likely N-dealkylation sites (tertiary alicyclic amines) is 1. The van der Waals surface area contributed by atoms with E-state index in [1.54, 1.807) is 24.5 Å². The molecule has 168 valence electrons. The predicted molar refractivity (Wildman–Crippen MR) is 121 cm³/mol. The molecule has 2 aromatic rings. The van der Waals surface area contributed by atoms with Crippen LogP contribution in [0.1, 0.15) is 52.1 Å². The highest BCUT2D eigenvalue weighted by Crippen LogP contribution is 2.36. The third-order valence-electron chi connectivity index (χ3n) is 6.46. The molecule has 0 radical (unpaired) electrons. The Morgan fingerprint density at radius 1 is 1.13 bits per heavy atom. The van der Waals surface area contributed by atoms with Crippen molar-refractivity contribution in [3.05, 3.63) is 42.4 Å². The molecule has 0 saturated carbocycles. The molecule has 0 bridgehead atoms. The molecule has 31 heavy (non-hydrogen) atoms. The van der Waals surface area contributed by atoms with E-state index < -0.39 is 20.5 Å². The largest absolute Gasteiger partial charge is 0.368 e. The molecule has 2 N–H and O–H groups in total. The number of piperidine rings is 1. The molecule has 1 unspecified atom stereocenters. The van der Waals surface area contributed by atoms with Crippen molar-refractivity contribution in [2.45, 2.75) is 68.6 Å². The Labute approximate surface area is 185 Å². The highest BCUT2D eigenvalue weighted by atomic mass is 32.2. The minimum atomic E-state index is -3.93. The van der Waals surface area contributed by atoms with Crippen LogP contribution in [0.25, 0.3) is 11.3 Å². The van der Waals surface area contributed by atoms with E-state index >= 15 is 0 Å². The van der Waals surface area contributed by atoms with Gasteiger partial charge in [0.25, 0.3) is 0 Å². The molecule has 1 aromatic carbocycles. The highest BCUT2D eigenvalue weighted by Gasteiger charge is 2.52. The first kappa shape index (κ1) is 23.3. The van der Waals surface area contributed by atoms with Crippen LogP contribution in [0, 0.1) is 0 Å². The molecule has 1 aliphatic rings. The number of aryl methyl sites for hydroxylation is 1. The second kappa shape index (κ2) is 9.44. The summed E-state index contributed by atoms with van der Waals surface area (Å²) in [5.74, 6) is -0.766. The van der Waals surface area contributed by atoms with Gasteiger partial charge in [0.15, 0.2) is 14.6 Å². The van der Waals surface area contributed by atoms with Crippen molar-refractivity contribution in [3.8, 4) is 11.3 Å². The third kappa shape index (κ3) is 4.50. The van der Waals surface area contributed by atoms with E-state index in [0.717, 1.165) is 30.5 Å². The Balaban J connectivity index is 1.85. The first-order valence-electron chi connectivity index (χ1n) is 10.9. The Kier molecular flexibility index (Phi) is 7.11. The molecule has 1 amide bonds. The molecule has 7 nitrogen and oxygen atoms in total. The lowest BCUT2D eigenvalue weighted by Gasteiger charge is -2.41. The SMILES string of the molecule is CCCc1cnc(-c2ccc(S(=O)(=O)C3(C(N)=O)CCN(C(C)CC)CC3)cc2)cn1. The van der Waals surface area contributed by atoms with Gasteiger partial charge in [0.05, 0.1) is 22.5 Å². The summed E-state index contributed by atoms with van der Waals surface area (Å²) >= 11 is 0. The van der Waals surface area contributed by atoms with Crippen LogP contribution in [0.5, 0.6) is 0 Å². The summed E-state index contributed by atoms with van der Waals surface area (Å²) in [6.07, 6.45) is 6.70. The minimum Gasteiger partial charge on any atom is -0.368 e. The van der Waals surface area contributed by atoms with Crippen molar-refractivity contribution in [2.75, 3.05) is 13.1 Å². The van der Waals surface area contributed by atoms with E-state index in [0.29, 0.717) is 24.8 Å². The Hall–Kier alpha value is -2.32. The van der Waals surface area contributed by atoms with Crippen LogP contribution >= 0.6 is 0 Å². The van der Waals surface area contributed by atoms with Gasteiger partial charge in [0.2, 0.25) is 5.91 Å². The molecule has 1 saturated heterocycles. The van der Waals surface area contributed by atoms with Crippen LogP contribution in [-0.4, -0.2) is 53.1 Å². The summed E-state index contributed by atoms with van der Waals surface area (Å²) < 4.78 is 25.5. The van der Waals surface area contributed by atoms with Crippen LogP contribution in [0.15, 0.2) is 41.6 Å². The maximum absolute atomic E-state index is 13.5. The van der Waals surface area contributed by atoms with Crippen molar-refractivity contribution >= 4 is 15.7 Å². The molecule has 2 heterocycles. The van der Waals surface area contributed by atoms with Crippen molar-refractivity contribution in [1.29, 1.82) is 0 Å². The van der Waals surface area contributed by atoms with Crippen LogP contribution in [0.2, 0.25) is 0 Å². The van der Waals surface area contributed by atoms with Gasteiger partial charge in [-0.1, -0.05) is 32.4 Å². The number of rotatable bonds is 8. The van der Waals surface area contributed by atoms with Gasteiger partial charge in [-0.05, 0) is 44.7 Å². The summed E-state index contributed by atoms with van der Waals surface area (Å²) in [6, 6.07) is 6.84. The number of amides is 1. The molecular weight excluding hydrogens is 412 g/mol. The number of aromatic nitrogens is 2. The normalized spacial score (nSPS) is 17.9. The fourth-order valence-electron chi connectivity index (χ4n) is 4.15. The van der Waals surface area contributed by atoms with E-state index in [1.807, 2.05) is 0 Å². The Bertz CT molecular complexity index is 996. The maximum Gasteiger partial charge on any atom is 0.239 e. The molecule has 8 heteroatoms. The fourth-order valence-corrected chi connectivity index (χ4v) is 6.08. The number of carbonyl (C=O) groups is 1. The summed E-state index contributed by atoms with van der Waals surface area (Å²) in [5, 5.41) is 0. The number of nitrogens with zero attached hydrogens (tertiary/aromatic N) is 3. The second-order valence-electron chi connectivity index (χ2n) is 8.32. The van der Waals surface area contributed by atoms with E-state index in [2.05, 4.69) is 35.6 Å². The zero-order chi connectivity index (χ0) is 22.6. The van der Waals surface area contributed by atoms with E-state index in [1.165, 1.54) is 12.1 Å². The Morgan fingerprint density at radius 2 is 1.77 bits per heavy atom. The number of sulfone groups is 1. The van der Waals surface area contributed by atoms with Gasteiger partial charge in [0.1, 0.15) is 0 Å². The first-order chi connectivity index (χ1) is 14.7. The molecule has 1 aliphatic heterocycles. The van der Waals surface area contributed by atoms with Crippen LogP contribution < -0.4 is 5.73 Å². The molecule has 0 aliphatic carbocycles. The average molecular weight is 445 g/mol. The molecule has 1 atom stereocenters. The molecular formula is C23H32N4O3S.